The molecule has 63 heavy (non-hydrogen) atoms. The maximum absolute atomic E-state index is 1.68. The van der Waals surface area contributed by atoms with E-state index < -0.39 is 0 Å². The first-order valence-corrected chi connectivity index (χ1v) is 30.9. The maximum Gasteiger partial charge on any atom is -0.0240 e. The Labute approximate surface area is 388 Å². The first-order valence-electron chi connectivity index (χ1n) is 30.9. The van der Waals surface area contributed by atoms with Crippen molar-refractivity contribution in [2.75, 3.05) is 0 Å². The largest absolute Gasteiger partial charge is 0.0496 e. The Hall–Kier alpha value is 0. The fourth-order valence-electron chi connectivity index (χ4n) is 23.8. The van der Waals surface area contributed by atoms with E-state index in [2.05, 4.69) is 0 Å². The molecule has 0 N–H and O–H groups in total. The van der Waals surface area contributed by atoms with Crippen molar-refractivity contribution in [2.24, 2.45) is 121 Å². The lowest BCUT2D eigenvalue weighted by Gasteiger charge is -2.59. The van der Waals surface area contributed by atoms with Gasteiger partial charge in [0.2, 0.25) is 0 Å². The Kier molecular flexibility index (Phi) is 9.42. The van der Waals surface area contributed by atoms with Crippen LogP contribution in [0.1, 0.15) is 270 Å². The third kappa shape index (κ3) is 6.52. The van der Waals surface area contributed by atoms with Crippen molar-refractivity contribution in [3.8, 4) is 0 Å². The number of rotatable bonds is 14. The molecule has 0 heterocycles. The van der Waals surface area contributed by atoms with E-state index in [1.807, 2.05) is 0 Å². The van der Waals surface area contributed by atoms with E-state index in [4.69, 9.17) is 0 Å². The van der Waals surface area contributed by atoms with Crippen molar-refractivity contribution in [1.29, 1.82) is 0 Å². The summed E-state index contributed by atoms with van der Waals surface area (Å²) in [6.07, 6.45) is 69.0. The molecule has 15 saturated carbocycles. The van der Waals surface area contributed by atoms with E-state index in [0.717, 1.165) is 121 Å². The quantitative estimate of drug-likeness (QED) is 0.163. The van der Waals surface area contributed by atoms with Gasteiger partial charge in [-0.15, -0.1) is 0 Å². The van der Waals surface area contributed by atoms with Crippen molar-refractivity contribution in [1.82, 2.24) is 0 Å². The molecule has 0 spiro atoms. The molecule has 350 valence electrons. The van der Waals surface area contributed by atoms with Gasteiger partial charge >= 0.3 is 0 Å². The van der Waals surface area contributed by atoms with Crippen LogP contribution < -0.4 is 0 Å². The molecule has 0 aliphatic heterocycles. The van der Waals surface area contributed by atoms with Gasteiger partial charge in [0.05, 0.1) is 0 Å². The summed E-state index contributed by atoms with van der Waals surface area (Å²) in [6, 6.07) is 0. The molecule has 15 rings (SSSR count). The van der Waals surface area contributed by atoms with Crippen LogP contribution in [0.3, 0.4) is 0 Å². The van der Waals surface area contributed by atoms with E-state index in [0.29, 0.717) is 0 Å². The Balaban J connectivity index is 0.656. The molecule has 0 bridgehead atoms. The normalized spacial score (nSPS) is 38.7. The molecular formula is C63H98. The van der Waals surface area contributed by atoms with Gasteiger partial charge in [-0.3, -0.25) is 0 Å². The first kappa shape index (κ1) is 40.8. The second kappa shape index (κ2) is 14.5. The van der Waals surface area contributed by atoms with Gasteiger partial charge in [-0.05, 0) is 390 Å². The molecule has 0 nitrogen and oxygen atoms in total. The minimum Gasteiger partial charge on any atom is -0.0496 e. The predicted molar refractivity (Wildman–Crippen MR) is 260 cm³/mol. The van der Waals surface area contributed by atoms with Crippen molar-refractivity contribution in [3.63, 3.8) is 0 Å². The third-order valence-corrected chi connectivity index (χ3v) is 28.3. The van der Waals surface area contributed by atoms with Gasteiger partial charge in [0.1, 0.15) is 0 Å². The second-order valence-corrected chi connectivity index (χ2v) is 30.0. The van der Waals surface area contributed by atoms with E-state index in [-0.39, 0.29) is 0 Å². The summed E-state index contributed by atoms with van der Waals surface area (Å²) in [6.45, 7) is 0. The van der Waals surface area contributed by atoms with Gasteiger partial charge in [-0.25, -0.2) is 0 Å². The van der Waals surface area contributed by atoms with Crippen molar-refractivity contribution >= 4 is 0 Å². The highest BCUT2D eigenvalue weighted by molar-refractivity contribution is 5.15. The van der Waals surface area contributed by atoms with Crippen LogP contribution in [0.5, 0.6) is 0 Å². The van der Waals surface area contributed by atoms with E-state index in [1.54, 1.807) is 270 Å². The fourth-order valence-corrected chi connectivity index (χ4v) is 23.8. The zero-order valence-electron chi connectivity index (χ0n) is 41.3. The first-order chi connectivity index (χ1) is 30.9. The van der Waals surface area contributed by atoms with Gasteiger partial charge in [-0.1, -0.05) is 0 Å². The SMILES string of the molecule is C1CC1C1(C2CC2)CCC(C2(C3CCC(C4CC4)(C4CC4)CC3)CCC(C3(C4CCC(C5CCC(C6CC6)(C6CC6)CC5)(C5CCC(C6CC6)(C6CC6)CC5)CC4)CC3)CC2)CC1. The summed E-state index contributed by atoms with van der Waals surface area (Å²) in [4.78, 5) is 0. The molecule has 15 fully saturated rings. The van der Waals surface area contributed by atoms with Crippen molar-refractivity contribution in [2.45, 2.75) is 270 Å². The molecule has 0 heteroatoms. The third-order valence-electron chi connectivity index (χ3n) is 28.3. The topological polar surface area (TPSA) is 0 Å². The van der Waals surface area contributed by atoms with Crippen LogP contribution in [0.2, 0.25) is 0 Å². The van der Waals surface area contributed by atoms with Crippen LogP contribution in [-0.4, -0.2) is 0 Å². The summed E-state index contributed by atoms with van der Waals surface area (Å²) >= 11 is 0. The standard InChI is InChI=1S/C63H98/c1-2-43(1)57(44-3-4-44)29-17-51(18-30-57)61(52-19-31-58(32-20-52,45-5-6-45)46-7-8-46)37-25-55(26-38-61)63(41-42-63)56-27-39-62(40-28-56,53-21-33-59(34-22-53,47-9-10-47)48-11-12-48)54-23-35-60(36-24-54,49-13-14-49)50-15-16-50/h43-56H,1-42H2. The molecule has 0 aromatic heterocycles. The van der Waals surface area contributed by atoms with E-state index in [1.165, 1.54) is 0 Å². The minimum absolute atomic E-state index is 0.737. The maximum atomic E-state index is 1.68. The molecule has 0 aromatic rings. The lowest BCUT2D eigenvalue weighted by molar-refractivity contribution is -0.0887. The number of hydrogen-bond donors (Lipinski definition) is 0. The molecule has 0 radical (unpaired) electrons. The summed E-state index contributed by atoms with van der Waals surface area (Å²) in [5.74, 6) is 15.8. The molecule has 15 aliphatic carbocycles. The molecule has 0 amide bonds. The van der Waals surface area contributed by atoms with Gasteiger partial charge < -0.3 is 0 Å². The number of hydrogen-bond acceptors (Lipinski definition) is 0. The Morgan fingerprint density at radius 3 is 0.302 bits per heavy atom. The van der Waals surface area contributed by atoms with Crippen LogP contribution in [0.15, 0.2) is 0 Å². The van der Waals surface area contributed by atoms with Gasteiger partial charge in [0.15, 0.2) is 0 Å². The zero-order chi connectivity index (χ0) is 41.3. The molecule has 0 saturated heterocycles. The molecule has 0 atom stereocenters. The molecule has 0 unspecified atom stereocenters. The van der Waals surface area contributed by atoms with Gasteiger partial charge in [0.25, 0.3) is 0 Å². The predicted octanol–water partition coefficient (Wildman–Crippen LogP) is 18.1. The van der Waals surface area contributed by atoms with E-state index >= 15 is 0 Å². The smallest absolute Gasteiger partial charge is 0.0240 e. The average molecular weight is 855 g/mol. The van der Waals surface area contributed by atoms with E-state index in [9.17, 15) is 0 Å². The molecule has 15 aliphatic rings. The van der Waals surface area contributed by atoms with Crippen LogP contribution >= 0.6 is 0 Å². The van der Waals surface area contributed by atoms with Gasteiger partial charge in [-0.2, -0.15) is 0 Å². The lowest BCUT2D eigenvalue weighted by atomic mass is 9.46. The fraction of sp³-hybridized carbons (Fsp3) is 1.00. The highest BCUT2D eigenvalue weighted by atomic mass is 14.7. The van der Waals surface area contributed by atoms with Crippen molar-refractivity contribution < 1.29 is 0 Å². The summed E-state index contributed by atoms with van der Waals surface area (Å²) in [5, 5.41) is 0. The van der Waals surface area contributed by atoms with Crippen LogP contribution in [0.4, 0.5) is 0 Å². The van der Waals surface area contributed by atoms with Crippen molar-refractivity contribution in [3.05, 3.63) is 0 Å². The zero-order valence-corrected chi connectivity index (χ0v) is 41.3. The second-order valence-electron chi connectivity index (χ2n) is 30.0. The summed E-state index contributed by atoms with van der Waals surface area (Å²) in [7, 11) is 0. The summed E-state index contributed by atoms with van der Waals surface area (Å²) in [5.41, 5.74) is 5.57. The summed E-state index contributed by atoms with van der Waals surface area (Å²) < 4.78 is 0. The monoisotopic (exact) mass is 855 g/mol. The Morgan fingerprint density at radius 1 is 0.111 bits per heavy atom. The highest BCUT2D eigenvalue weighted by Gasteiger charge is 2.65. The van der Waals surface area contributed by atoms with Crippen LogP contribution in [0, 0.1) is 121 Å². The Morgan fingerprint density at radius 2 is 0.206 bits per heavy atom. The van der Waals surface area contributed by atoms with Gasteiger partial charge in [0, 0.05) is 0 Å². The Bertz CT molecular complexity index is 1380. The lowest BCUT2D eigenvalue weighted by Crippen LogP contribution is -2.49. The van der Waals surface area contributed by atoms with Crippen LogP contribution in [-0.2, 0) is 0 Å². The van der Waals surface area contributed by atoms with Crippen LogP contribution in [0.25, 0.3) is 0 Å². The highest BCUT2D eigenvalue weighted by Crippen LogP contribution is 2.75. The molecular weight excluding hydrogens is 757 g/mol. The minimum atomic E-state index is 0.737. The average Bonchev–Trinajstić information content (AvgIpc) is 4.17. The molecule has 0 aromatic carbocycles.